The Balaban J connectivity index is 1.72. The van der Waals surface area contributed by atoms with Crippen molar-refractivity contribution in [2.24, 2.45) is 0 Å². The van der Waals surface area contributed by atoms with Crippen molar-refractivity contribution >= 4 is 27.9 Å². The average Bonchev–Trinajstić information content (AvgIpc) is 3.11. The van der Waals surface area contributed by atoms with Crippen LogP contribution < -0.4 is 19.6 Å². The monoisotopic (exact) mass is 468 g/mol. The zero-order valence-corrected chi connectivity index (χ0v) is 19.1. The molecule has 9 nitrogen and oxygen atoms in total. The van der Waals surface area contributed by atoms with Gasteiger partial charge in [-0.1, -0.05) is 5.57 Å². The largest absolute Gasteiger partial charge is 0.507 e. The van der Waals surface area contributed by atoms with Crippen LogP contribution in [0.25, 0.3) is 21.9 Å². The molecule has 34 heavy (non-hydrogen) atoms. The van der Waals surface area contributed by atoms with E-state index in [1.54, 1.807) is 13.0 Å². The van der Waals surface area contributed by atoms with Crippen molar-refractivity contribution in [1.82, 2.24) is 0 Å². The number of esters is 1. The predicted molar refractivity (Wildman–Crippen MR) is 124 cm³/mol. The van der Waals surface area contributed by atoms with E-state index in [-0.39, 0.29) is 69.4 Å². The highest BCUT2D eigenvalue weighted by atomic mass is 16.5. The molecule has 0 fully saturated rings. The number of carbonyl (C=O) groups is 1. The summed E-state index contributed by atoms with van der Waals surface area (Å²) < 4.78 is 27.4. The number of hydrogen-bond acceptors (Lipinski definition) is 9. The van der Waals surface area contributed by atoms with Crippen LogP contribution in [0.4, 0.5) is 0 Å². The molecule has 0 bridgehead atoms. The van der Waals surface area contributed by atoms with E-state index in [4.69, 9.17) is 23.4 Å². The Labute approximate surface area is 194 Å². The van der Waals surface area contributed by atoms with Crippen molar-refractivity contribution in [2.75, 3.05) is 20.8 Å². The lowest BCUT2D eigenvalue weighted by Gasteiger charge is -2.14. The highest BCUT2D eigenvalue weighted by Gasteiger charge is 2.24. The summed E-state index contributed by atoms with van der Waals surface area (Å²) in [6.07, 6.45) is 3.78. The minimum atomic E-state index is -0.644. The van der Waals surface area contributed by atoms with Crippen LogP contribution in [0.5, 0.6) is 28.7 Å². The summed E-state index contributed by atoms with van der Waals surface area (Å²) in [5, 5.41) is 20.7. The second-order valence-electron chi connectivity index (χ2n) is 7.91. The number of methoxy groups -OCH3 is 2. The van der Waals surface area contributed by atoms with E-state index in [0.717, 1.165) is 5.57 Å². The molecule has 9 heteroatoms. The third-order valence-corrected chi connectivity index (χ3v) is 5.59. The standard InChI is InChI=1S/C25H24O9/c1-12(9-14-10-13(2)25(29)33-14)7-8-32-23-18(31-4)11-15(26)19-22(28)20-16(34-24(19)23)5-6-17(30-3)21(20)27/h5-7,10-11,14,26-27H,8-9H2,1-4H3/t14-/m1/s1. The number of ether oxygens (including phenoxy) is 4. The smallest absolute Gasteiger partial charge is 0.334 e. The summed E-state index contributed by atoms with van der Waals surface area (Å²) in [5.74, 6) is -0.698. The molecular weight excluding hydrogens is 444 g/mol. The maximum Gasteiger partial charge on any atom is 0.334 e. The molecule has 0 radical (unpaired) electrons. The Hall–Kier alpha value is -4.14. The lowest BCUT2D eigenvalue weighted by molar-refractivity contribution is -0.139. The van der Waals surface area contributed by atoms with Gasteiger partial charge >= 0.3 is 5.97 Å². The molecule has 3 aromatic rings. The number of aromatic hydroxyl groups is 2. The van der Waals surface area contributed by atoms with E-state index in [1.165, 1.54) is 32.4 Å². The van der Waals surface area contributed by atoms with Gasteiger partial charge in [0, 0.05) is 18.1 Å². The first kappa shape index (κ1) is 23.0. The predicted octanol–water partition coefficient (Wildman–Crippen LogP) is 3.96. The van der Waals surface area contributed by atoms with Gasteiger partial charge in [0.15, 0.2) is 22.8 Å². The van der Waals surface area contributed by atoms with Crippen LogP contribution >= 0.6 is 0 Å². The Bertz CT molecular complexity index is 1410. The third-order valence-electron chi connectivity index (χ3n) is 5.59. The number of benzene rings is 2. The van der Waals surface area contributed by atoms with E-state index in [0.29, 0.717) is 12.0 Å². The lowest BCUT2D eigenvalue weighted by atomic mass is 10.1. The topological polar surface area (TPSA) is 125 Å². The molecule has 0 spiro atoms. The van der Waals surface area contributed by atoms with Crippen LogP contribution in [0.2, 0.25) is 0 Å². The summed E-state index contributed by atoms with van der Waals surface area (Å²) in [6, 6.07) is 4.20. The SMILES string of the molecule is COc1cc(O)c2c(=O)c3c(O)c(OC)ccc3oc2c1OCC=C(C)C[C@@H]1C=C(C)C(=O)O1. The Kier molecular flexibility index (Phi) is 6.10. The summed E-state index contributed by atoms with van der Waals surface area (Å²) in [5.41, 5.74) is 0.933. The second kappa shape index (κ2) is 9.01. The fourth-order valence-electron chi connectivity index (χ4n) is 3.85. The van der Waals surface area contributed by atoms with E-state index < -0.39 is 5.43 Å². The number of fused-ring (bicyclic) bond motifs is 2. The van der Waals surface area contributed by atoms with Crippen molar-refractivity contribution < 1.29 is 38.4 Å². The molecule has 0 amide bonds. The van der Waals surface area contributed by atoms with Gasteiger partial charge in [-0.3, -0.25) is 4.79 Å². The first-order chi connectivity index (χ1) is 16.2. The number of phenols is 2. The Morgan fingerprint density at radius 1 is 1.12 bits per heavy atom. The van der Waals surface area contributed by atoms with Gasteiger partial charge in [-0.25, -0.2) is 4.79 Å². The number of carbonyl (C=O) groups excluding carboxylic acids is 1. The molecule has 1 aromatic heterocycles. The molecule has 0 saturated heterocycles. The van der Waals surface area contributed by atoms with Crippen LogP contribution in [0.1, 0.15) is 20.3 Å². The van der Waals surface area contributed by atoms with Crippen molar-refractivity contribution in [3.05, 3.63) is 51.7 Å². The molecule has 1 aliphatic rings. The number of hydrogen-bond donors (Lipinski definition) is 2. The van der Waals surface area contributed by atoms with Crippen LogP contribution in [-0.4, -0.2) is 43.1 Å². The quantitative estimate of drug-likeness (QED) is 0.301. The average molecular weight is 468 g/mol. The summed E-state index contributed by atoms with van der Waals surface area (Å²) in [7, 11) is 2.76. The zero-order valence-electron chi connectivity index (χ0n) is 19.1. The van der Waals surface area contributed by atoms with Gasteiger partial charge in [0.1, 0.15) is 34.8 Å². The van der Waals surface area contributed by atoms with Crippen molar-refractivity contribution in [3.8, 4) is 28.7 Å². The summed E-state index contributed by atoms with van der Waals surface area (Å²) in [6.45, 7) is 3.69. The van der Waals surface area contributed by atoms with Gasteiger partial charge in [0.2, 0.25) is 11.2 Å². The van der Waals surface area contributed by atoms with Gasteiger partial charge in [0.05, 0.1) is 14.2 Å². The van der Waals surface area contributed by atoms with Gasteiger partial charge in [0.25, 0.3) is 0 Å². The van der Waals surface area contributed by atoms with Gasteiger partial charge in [-0.2, -0.15) is 0 Å². The number of phenolic OH excluding ortho intramolecular Hbond substituents is 2. The van der Waals surface area contributed by atoms with E-state index in [2.05, 4.69) is 0 Å². The molecule has 0 unspecified atom stereocenters. The highest BCUT2D eigenvalue weighted by molar-refractivity contribution is 6.00. The van der Waals surface area contributed by atoms with Crippen LogP contribution in [0, 0.1) is 0 Å². The Morgan fingerprint density at radius 2 is 1.85 bits per heavy atom. The maximum atomic E-state index is 13.2. The molecule has 2 aromatic carbocycles. The minimum absolute atomic E-state index is 0.0201. The molecule has 1 aliphatic heterocycles. The van der Waals surface area contributed by atoms with E-state index in [1.807, 2.05) is 13.0 Å². The molecule has 1 atom stereocenters. The zero-order chi connectivity index (χ0) is 24.6. The fraction of sp³-hybridized carbons (Fsp3) is 0.280. The normalized spacial score (nSPS) is 16.0. The fourth-order valence-corrected chi connectivity index (χ4v) is 3.85. The van der Waals surface area contributed by atoms with Crippen LogP contribution in [0.3, 0.4) is 0 Å². The second-order valence-corrected chi connectivity index (χ2v) is 7.91. The van der Waals surface area contributed by atoms with Crippen LogP contribution in [0.15, 0.2) is 50.7 Å². The Morgan fingerprint density at radius 3 is 2.50 bits per heavy atom. The molecule has 2 heterocycles. The van der Waals surface area contributed by atoms with Crippen molar-refractivity contribution in [3.63, 3.8) is 0 Å². The van der Waals surface area contributed by atoms with Gasteiger partial charge < -0.3 is 33.6 Å². The molecule has 2 N–H and O–H groups in total. The molecule has 4 rings (SSSR count). The van der Waals surface area contributed by atoms with Crippen LogP contribution in [-0.2, 0) is 9.53 Å². The van der Waals surface area contributed by atoms with Crippen molar-refractivity contribution in [2.45, 2.75) is 26.4 Å². The van der Waals surface area contributed by atoms with Crippen molar-refractivity contribution in [1.29, 1.82) is 0 Å². The summed E-state index contributed by atoms with van der Waals surface area (Å²) >= 11 is 0. The minimum Gasteiger partial charge on any atom is -0.507 e. The van der Waals surface area contributed by atoms with E-state index >= 15 is 0 Å². The summed E-state index contributed by atoms with van der Waals surface area (Å²) in [4.78, 5) is 24.7. The van der Waals surface area contributed by atoms with Gasteiger partial charge in [-0.05, 0) is 38.1 Å². The maximum absolute atomic E-state index is 13.2. The first-order valence-electron chi connectivity index (χ1n) is 10.5. The molecule has 178 valence electrons. The third kappa shape index (κ3) is 4.00. The lowest BCUT2D eigenvalue weighted by Crippen LogP contribution is -2.09. The first-order valence-corrected chi connectivity index (χ1v) is 10.5. The molecule has 0 saturated carbocycles. The molecular formula is C25H24O9. The van der Waals surface area contributed by atoms with E-state index in [9.17, 15) is 19.8 Å². The highest BCUT2D eigenvalue weighted by Crippen LogP contribution is 2.43. The molecule has 0 aliphatic carbocycles. The van der Waals surface area contributed by atoms with Gasteiger partial charge in [-0.15, -0.1) is 0 Å². The number of rotatable bonds is 7. The number of cyclic esters (lactones) is 1.